The van der Waals surface area contributed by atoms with Crippen molar-refractivity contribution < 1.29 is 9.47 Å². The lowest BCUT2D eigenvalue weighted by Gasteiger charge is -2.45. The number of nitrogens with one attached hydrogen (secondary N) is 1. The van der Waals surface area contributed by atoms with Crippen LogP contribution < -0.4 is 14.8 Å². The number of methoxy groups -OCH3 is 1. The van der Waals surface area contributed by atoms with Gasteiger partial charge >= 0.3 is 0 Å². The normalized spacial score (nSPS) is 22.9. The molecule has 1 spiro atoms. The van der Waals surface area contributed by atoms with Crippen LogP contribution in [0.4, 0.5) is 0 Å². The van der Waals surface area contributed by atoms with Gasteiger partial charge in [-0.2, -0.15) is 0 Å². The van der Waals surface area contributed by atoms with Crippen molar-refractivity contribution in [1.29, 1.82) is 0 Å². The van der Waals surface area contributed by atoms with Gasteiger partial charge in [-0.15, -0.1) is 0 Å². The van der Waals surface area contributed by atoms with Gasteiger partial charge in [-0.25, -0.2) is 0 Å². The first-order valence-corrected chi connectivity index (χ1v) is 8.87. The summed E-state index contributed by atoms with van der Waals surface area (Å²) >= 11 is 0. The minimum absolute atomic E-state index is 0.0592. The van der Waals surface area contributed by atoms with Gasteiger partial charge in [0.2, 0.25) is 0 Å². The SMILES string of the molecule is CCCCNC1CC2(CCCCC2)Oc2ccc(OC)cc21. The van der Waals surface area contributed by atoms with Crippen LogP contribution in [0.25, 0.3) is 0 Å². The number of hydrogen-bond acceptors (Lipinski definition) is 3. The number of fused-ring (bicyclic) bond motifs is 1. The van der Waals surface area contributed by atoms with Crippen molar-refractivity contribution in [3.05, 3.63) is 23.8 Å². The third-order valence-corrected chi connectivity index (χ3v) is 5.18. The van der Waals surface area contributed by atoms with E-state index in [1.807, 2.05) is 6.07 Å². The van der Waals surface area contributed by atoms with E-state index in [-0.39, 0.29) is 5.60 Å². The molecule has 1 aliphatic heterocycles. The average molecular weight is 303 g/mol. The van der Waals surface area contributed by atoms with Crippen LogP contribution in [0, 0.1) is 0 Å². The zero-order valence-corrected chi connectivity index (χ0v) is 14.0. The Bertz CT molecular complexity index is 494. The number of hydrogen-bond donors (Lipinski definition) is 1. The Labute approximate surface area is 134 Å². The van der Waals surface area contributed by atoms with Crippen LogP contribution in [0.2, 0.25) is 0 Å². The van der Waals surface area contributed by atoms with Crippen molar-refractivity contribution in [3.8, 4) is 11.5 Å². The number of ether oxygens (including phenoxy) is 2. The topological polar surface area (TPSA) is 30.5 Å². The Hall–Kier alpha value is -1.22. The summed E-state index contributed by atoms with van der Waals surface area (Å²) in [4.78, 5) is 0. The Morgan fingerprint density at radius 1 is 1.27 bits per heavy atom. The van der Waals surface area contributed by atoms with Crippen molar-refractivity contribution in [3.63, 3.8) is 0 Å². The van der Waals surface area contributed by atoms with E-state index < -0.39 is 0 Å². The molecule has 1 unspecified atom stereocenters. The molecule has 1 aromatic carbocycles. The Balaban J connectivity index is 1.85. The van der Waals surface area contributed by atoms with E-state index in [2.05, 4.69) is 24.4 Å². The lowest BCUT2D eigenvalue weighted by atomic mass is 9.77. The molecule has 3 heteroatoms. The fourth-order valence-corrected chi connectivity index (χ4v) is 3.91. The standard InChI is InChI=1S/C19H29NO2/c1-3-4-12-20-17-14-19(10-6-5-7-11-19)22-18-9-8-15(21-2)13-16(17)18/h8-9,13,17,20H,3-7,10-12,14H2,1-2H3. The highest BCUT2D eigenvalue weighted by Gasteiger charge is 2.41. The van der Waals surface area contributed by atoms with E-state index in [1.165, 1.54) is 50.5 Å². The first-order chi connectivity index (χ1) is 10.8. The Morgan fingerprint density at radius 3 is 2.82 bits per heavy atom. The first-order valence-electron chi connectivity index (χ1n) is 8.87. The highest BCUT2D eigenvalue weighted by Crippen LogP contribution is 2.46. The van der Waals surface area contributed by atoms with E-state index in [0.717, 1.165) is 24.5 Å². The molecule has 1 aliphatic carbocycles. The molecule has 0 bridgehead atoms. The van der Waals surface area contributed by atoms with E-state index in [0.29, 0.717) is 6.04 Å². The third kappa shape index (κ3) is 3.24. The van der Waals surface area contributed by atoms with Crippen LogP contribution in [-0.4, -0.2) is 19.3 Å². The summed E-state index contributed by atoms with van der Waals surface area (Å²) in [6.45, 7) is 3.32. The van der Waals surface area contributed by atoms with Crippen molar-refractivity contribution >= 4 is 0 Å². The van der Waals surface area contributed by atoms with E-state index in [4.69, 9.17) is 9.47 Å². The maximum Gasteiger partial charge on any atom is 0.125 e. The maximum absolute atomic E-state index is 6.50. The monoisotopic (exact) mass is 303 g/mol. The number of unbranched alkanes of at least 4 members (excludes halogenated alkanes) is 1. The molecular formula is C19H29NO2. The fourth-order valence-electron chi connectivity index (χ4n) is 3.91. The molecule has 122 valence electrons. The molecule has 1 saturated carbocycles. The molecule has 3 rings (SSSR count). The van der Waals surface area contributed by atoms with E-state index in [1.54, 1.807) is 7.11 Å². The van der Waals surface area contributed by atoms with Gasteiger partial charge in [0, 0.05) is 18.0 Å². The molecule has 2 aliphatic rings. The van der Waals surface area contributed by atoms with Gasteiger partial charge in [-0.3, -0.25) is 0 Å². The lowest BCUT2D eigenvalue weighted by Crippen LogP contribution is -2.45. The van der Waals surface area contributed by atoms with Crippen LogP contribution >= 0.6 is 0 Å². The van der Waals surface area contributed by atoms with Gasteiger partial charge in [-0.1, -0.05) is 19.8 Å². The molecule has 0 aromatic heterocycles. The molecule has 3 nitrogen and oxygen atoms in total. The van der Waals surface area contributed by atoms with Crippen molar-refractivity contribution in [2.75, 3.05) is 13.7 Å². The summed E-state index contributed by atoms with van der Waals surface area (Å²) in [5.41, 5.74) is 1.33. The fraction of sp³-hybridized carbons (Fsp3) is 0.684. The van der Waals surface area contributed by atoms with Gasteiger partial charge < -0.3 is 14.8 Å². The lowest BCUT2D eigenvalue weighted by molar-refractivity contribution is -0.00275. The molecule has 0 amide bonds. The molecule has 22 heavy (non-hydrogen) atoms. The molecule has 1 aromatic rings. The minimum Gasteiger partial charge on any atom is -0.497 e. The summed E-state index contributed by atoms with van der Waals surface area (Å²) in [6, 6.07) is 6.65. The zero-order valence-electron chi connectivity index (χ0n) is 14.0. The second kappa shape index (κ2) is 6.91. The summed E-state index contributed by atoms with van der Waals surface area (Å²) in [7, 11) is 1.73. The molecule has 1 atom stereocenters. The van der Waals surface area contributed by atoms with Gasteiger partial charge in [0.15, 0.2) is 0 Å². The molecule has 1 heterocycles. The predicted octanol–water partition coefficient (Wildman–Crippen LogP) is 4.61. The van der Waals surface area contributed by atoms with Crippen LogP contribution in [0.5, 0.6) is 11.5 Å². The summed E-state index contributed by atoms with van der Waals surface area (Å²) < 4.78 is 11.9. The Kier molecular flexibility index (Phi) is 4.92. The molecule has 1 N–H and O–H groups in total. The predicted molar refractivity (Wildman–Crippen MR) is 89.7 cm³/mol. The van der Waals surface area contributed by atoms with Crippen LogP contribution in [0.1, 0.15) is 69.9 Å². The quantitative estimate of drug-likeness (QED) is 0.806. The summed E-state index contributed by atoms with van der Waals surface area (Å²) in [5, 5.41) is 3.77. The van der Waals surface area contributed by atoms with Gasteiger partial charge in [0.05, 0.1) is 7.11 Å². The highest BCUT2D eigenvalue weighted by molar-refractivity contribution is 5.44. The molecule has 0 saturated heterocycles. The summed E-state index contributed by atoms with van der Waals surface area (Å²) in [6.07, 6.45) is 9.90. The average Bonchev–Trinajstić information content (AvgIpc) is 2.55. The van der Waals surface area contributed by atoms with Crippen LogP contribution in [-0.2, 0) is 0 Å². The van der Waals surface area contributed by atoms with Crippen molar-refractivity contribution in [1.82, 2.24) is 5.32 Å². The highest BCUT2D eigenvalue weighted by atomic mass is 16.5. The van der Waals surface area contributed by atoms with E-state index >= 15 is 0 Å². The van der Waals surface area contributed by atoms with Crippen molar-refractivity contribution in [2.24, 2.45) is 0 Å². The zero-order chi connectivity index (χ0) is 15.4. The Morgan fingerprint density at radius 2 is 2.09 bits per heavy atom. The van der Waals surface area contributed by atoms with Crippen LogP contribution in [0.15, 0.2) is 18.2 Å². The smallest absolute Gasteiger partial charge is 0.125 e. The number of benzene rings is 1. The first kappa shape index (κ1) is 15.7. The molecule has 0 radical (unpaired) electrons. The number of rotatable bonds is 5. The van der Waals surface area contributed by atoms with Gasteiger partial charge in [0.25, 0.3) is 0 Å². The summed E-state index contributed by atoms with van der Waals surface area (Å²) in [5.74, 6) is 1.98. The van der Waals surface area contributed by atoms with Crippen LogP contribution in [0.3, 0.4) is 0 Å². The van der Waals surface area contributed by atoms with Gasteiger partial charge in [-0.05, 0) is 56.8 Å². The van der Waals surface area contributed by atoms with E-state index in [9.17, 15) is 0 Å². The van der Waals surface area contributed by atoms with Gasteiger partial charge in [0.1, 0.15) is 17.1 Å². The maximum atomic E-state index is 6.50. The largest absolute Gasteiger partial charge is 0.497 e. The molecular weight excluding hydrogens is 274 g/mol. The third-order valence-electron chi connectivity index (χ3n) is 5.18. The second-order valence-electron chi connectivity index (χ2n) is 6.81. The minimum atomic E-state index is 0.0592. The van der Waals surface area contributed by atoms with Crippen molar-refractivity contribution in [2.45, 2.75) is 69.9 Å². The molecule has 1 fully saturated rings. The second-order valence-corrected chi connectivity index (χ2v) is 6.81.